The summed E-state index contributed by atoms with van der Waals surface area (Å²) in [6.45, 7) is 0. The molecule has 0 bridgehead atoms. The van der Waals surface area contributed by atoms with Gasteiger partial charge in [0.15, 0.2) is 0 Å². The molecule has 0 spiro atoms. The Morgan fingerprint density at radius 1 is 1.30 bits per heavy atom. The number of ether oxygens (including phenoxy) is 1. The first-order valence-corrected chi connectivity index (χ1v) is 2.48. The number of hydrogen-bond donors (Lipinski definition) is 3. The Labute approximate surface area is 57.2 Å². The van der Waals surface area contributed by atoms with E-state index in [0.717, 1.165) is 12.3 Å². The van der Waals surface area contributed by atoms with Gasteiger partial charge in [-0.05, 0) is 0 Å². The summed E-state index contributed by atoms with van der Waals surface area (Å²) in [5.41, 5.74) is 0. The van der Waals surface area contributed by atoms with Gasteiger partial charge in [0, 0.05) is 6.08 Å². The van der Waals surface area contributed by atoms with E-state index in [0.29, 0.717) is 6.29 Å². The van der Waals surface area contributed by atoms with Crippen LogP contribution in [0.4, 0.5) is 0 Å². The number of allylic oxidation sites excluding steroid dienone is 1. The Morgan fingerprint density at radius 3 is 2.30 bits per heavy atom. The molecule has 0 aromatic heterocycles. The minimum absolute atomic E-state index is 0.427. The molecule has 3 N–H and O–H groups in total. The smallest absolute Gasteiger partial charge is 0.247 e. The van der Waals surface area contributed by atoms with Crippen LogP contribution < -0.4 is 0 Å². The van der Waals surface area contributed by atoms with Gasteiger partial charge < -0.3 is 20.1 Å². The lowest BCUT2D eigenvalue weighted by atomic mass is 10.6. The Hall–Kier alpha value is -0.910. The van der Waals surface area contributed by atoms with Gasteiger partial charge in [-0.3, -0.25) is 4.79 Å². The van der Waals surface area contributed by atoms with Gasteiger partial charge in [0.2, 0.25) is 12.6 Å². The van der Waals surface area contributed by atoms with E-state index in [-0.39, 0.29) is 0 Å². The fourth-order valence-electron chi connectivity index (χ4n) is 0.228. The normalized spacial score (nSPS) is 14.0. The summed E-state index contributed by atoms with van der Waals surface area (Å²) >= 11 is 0. The molecule has 1 unspecified atom stereocenters. The largest absolute Gasteiger partial charge is 0.467 e. The number of carbonyl (C=O) groups excluding carboxylic acids is 1. The topological polar surface area (TPSA) is 87.0 Å². The lowest BCUT2D eigenvalue weighted by molar-refractivity contribution is -0.210. The van der Waals surface area contributed by atoms with Crippen LogP contribution in [0.15, 0.2) is 12.3 Å². The molecule has 0 rings (SSSR count). The van der Waals surface area contributed by atoms with Crippen LogP contribution in [-0.2, 0) is 9.53 Å². The second-order valence-corrected chi connectivity index (χ2v) is 1.40. The number of carbonyl (C=O) groups is 1. The molecule has 0 fully saturated rings. The van der Waals surface area contributed by atoms with E-state index in [1.54, 1.807) is 0 Å². The summed E-state index contributed by atoms with van der Waals surface area (Å²) in [5, 5.41) is 24.8. The monoisotopic (exact) mass is 148 g/mol. The van der Waals surface area contributed by atoms with E-state index in [1.807, 2.05) is 0 Å². The van der Waals surface area contributed by atoms with E-state index in [9.17, 15) is 4.79 Å². The SMILES string of the molecule is O=CC=COC(O)C(O)O. The average molecular weight is 148 g/mol. The molecule has 5 heteroatoms. The molecule has 0 saturated heterocycles. The molecular weight excluding hydrogens is 140 g/mol. The summed E-state index contributed by atoms with van der Waals surface area (Å²) in [6.07, 6.45) is -1.42. The van der Waals surface area contributed by atoms with Crippen molar-refractivity contribution in [3.05, 3.63) is 12.3 Å². The molecule has 0 aromatic carbocycles. The highest BCUT2D eigenvalue weighted by molar-refractivity contribution is 5.64. The van der Waals surface area contributed by atoms with E-state index in [2.05, 4.69) is 4.74 Å². The third-order valence-corrected chi connectivity index (χ3v) is 0.630. The van der Waals surface area contributed by atoms with E-state index in [1.165, 1.54) is 0 Å². The van der Waals surface area contributed by atoms with Gasteiger partial charge in [0.05, 0.1) is 6.26 Å². The van der Waals surface area contributed by atoms with Crippen LogP contribution in [-0.4, -0.2) is 34.2 Å². The van der Waals surface area contributed by atoms with E-state index in [4.69, 9.17) is 15.3 Å². The highest BCUT2D eigenvalue weighted by Gasteiger charge is 2.10. The summed E-state index contributed by atoms with van der Waals surface area (Å²) in [6, 6.07) is 0. The third-order valence-electron chi connectivity index (χ3n) is 0.630. The van der Waals surface area contributed by atoms with Crippen molar-refractivity contribution in [2.45, 2.75) is 12.6 Å². The molecule has 0 saturated carbocycles. The molecule has 0 aliphatic rings. The Morgan fingerprint density at radius 2 is 1.90 bits per heavy atom. The summed E-state index contributed by atoms with van der Waals surface area (Å²) in [5.74, 6) is 0. The van der Waals surface area contributed by atoms with Gasteiger partial charge in [-0.25, -0.2) is 0 Å². The van der Waals surface area contributed by atoms with Crippen molar-refractivity contribution in [3.63, 3.8) is 0 Å². The van der Waals surface area contributed by atoms with Crippen LogP contribution in [0, 0.1) is 0 Å². The first-order valence-electron chi connectivity index (χ1n) is 2.48. The molecule has 58 valence electrons. The van der Waals surface area contributed by atoms with Crippen molar-refractivity contribution < 1.29 is 24.9 Å². The highest BCUT2D eigenvalue weighted by atomic mass is 16.6. The standard InChI is InChI=1S/C5H8O5/c6-2-1-3-10-5(9)4(7)8/h1-5,7-9H. The second kappa shape index (κ2) is 4.92. The van der Waals surface area contributed by atoms with Gasteiger partial charge >= 0.3 is 0 Å². The minimum atomic E-state index is -1.96. The van der Waals surface area contributed by atoms with Crippen LogP contribution >= 0.6 is 0 Å². The number of rotatable bonds is 4. The molecular formula is C5H8O5. The van der Waals surface area contributed by atoms with Gasteiger partial charge in [0.1, 0.15) is 6.29 Å². The number of aldehydes is 1. The van der Waals surface area contributed by atoms with Crippen LogP contribution in [0.3, 0.4) is 0 Å². The molecule has 0 aliphatic heterocycles. The zero-order chi connectivity index (χ0) is 7.98. The van der Waals surface area contributed by atoms with Crippen molar-refractivity contribution >= 4 is 6.29 Å². The van der Waals surface area contributed by atoms with Gasteiger partial charge in [0.25, 0.3) is 0 Å². The maximum atomic E-state index is 9.58. The molecule has 0 amide bonds. The fourth-order valence-corrected chi connectivity index (χ4v) is 0.228. The van der Waals surface area contributed by atoms with Crippen molar-refractivity contribution in [1.29, 1.82) is 0 Å². The first-order chi connectivity index (χ1) is 4.68. The lowest BCUT2D eigenvalue weighted by Crippen LogP contribution is -2.26. The molecule has 0 aliphatic carbocycles. The fraction of sp³-hybridized carbons (Fsp3) is 0.400. The number of hydrogen-bond acceptors (Lipinski definition) is 5. The number of aliphatic hydroxyl groups is 3. The first kappa shape index (κ1) is 9.09. The van der Waals surface area contributed by atoms with E-state index < -0.39 is 12.6 Å². The van der Waals surface area contributed by atoms with Crippen LogP contribution in [0.25, 0.3) is 0 Å². The quantitative estimate of drug-likeness (QED) is 0.192. The highest BCUT2D eigenvalue weighted by Crippen LogP contribution is 1.91. The third kappa shape index (κ3) is 4.02. The number of aliphatic hydroxyl groups excluding tert-OH is 2. The zero-order valence-electron chi connectivity index (χ0n) is 5.04. The van der Waals surface area contributed by atoms with Crippen molar-refractivity contribution in [2.24, 2.45) is 0 Å². The summed E-state index contributed by atoms with van der Waals surface area (Å²) < 4.78 is 4.19. The zero-order valence-corrected chi connectivity index (χ0v) is 5.04. The van der Waals surface area contributed by atoms with Crippen LogP contribution in [0.5, 0.6) is 0 Å². The van der Waals surface area contributed by atoms with Crippen molar-refractivity contribution in [1.82, 2.24) is 0 Å². The second-order valence-electron chi connectivity index (χ2n) is 1.40. The summed E-state index contributed by atoms with van der Waals surface area (Å²) in [4.78, 5) is 9.58. The molecule has 0 aromatic rings. The van der Waals surface area contributed by atoms with Crippen molar-refractivity contribution in [2.75, 3.05) is 0 Å². The molecule has 1 atom stereocenters. The predicted molar refractivity (Wildman–Crippen MR) is 30.5 cm³/mol. The Kier molecular flexibility index (Phi) is 4.47. The van der Waals surface area contributed by atoms with E-state index >= 15 is 0 Å². The average Bonchev–Trinajstić information content (AvgIpc) is 1.88. The summed E-state index contributed by atoms with van der Waals surface area (Å²) in [7, 11) is 0. The molecule has 0 radical (unpaired) electrons. The maximum absolute atomic E-state index is 9.58. The maximum Gasteiger partial charge on any atom is 0.247 e. The molecule has 10 heavy (non-hydrogen) atoms. The van der Waals surface area contributed by atoms with Crippen LogP contribution in [0.1, 0.15) is 0 Å². The predicted octanol–water partition coefficient (Wildman–Crippen LogP) is -1.66. The minimum Gasteiger partial charge on any atom is -0.467 e. The molecule has 0 heterocycles. The van der Waals surface area contributed by atoms with Crippen LogP contribution in [0.2, 0.25) is 0 Å². The Balaban J connectivity index is 3.48. The van der Waals surface area contributed by atoms with Gasteiger partial charge in [-0.1, -0.05) is 0 Å². The van der Waals surface area contributed by atoms with Gasteiger partial charge in [-0.15, -0.1) is 0 Å². The van der Waals surface area contributed by atoms with Crippen molar-refractivity contribution in [3.8, 4) is 0 Å². The molecule has 5 nitrogen and oxygen atoms in total. The Bertz CT molecular complexity index is 119. The lowest BCUT2D eigenvalue weighted by Gasteiger charge is -2.10. The van der Waals surface area contributed by atoms with Gasteiger partial charge in [-0.2, -0.15) is 0 Å².